The van der Waals surface area contributed by atoms with Crippen LogP contribution in [0, 0.1) is 0 Å². The maximum Gasteiger partial charge on any atom is 0.257 e. The lowest BCUT2D eigenvalue weighted by Gasteiger charge is -2.02. The zero-order valence-electron chi connectivity index (χ0n) is 15.6. The molecule has 0 atom stereocenters. The third kappa shape index (κ3) is 4.05. The molecule has 0 fully saturated rings. The third-order valence-electron chi connectivity index (χ3n) is 5.21. The van der Waals surface area contributed by atoms with Gasteiger partial charge in [-0.2, -0.15) is 0 Å². The molecule has 3 aromatic rings. The number of aryl methyl sites for hydroxylation is 1. The van der Waals surface area contributed by atoms with Gasteiger partial charge in [-0.3, -0.25) is 4.79 Å². The minimum absolute atomic E-state index is 0. The van der Waals surface area contributed by atoms with E-state index >= 15 is 0 Å². The summed E-state index contributed by atoms with van der Waals surface area (Å²) in [7, 11) is 0. The Labute approximate surface area is 185 Å². The average Bonchev–Trinajstić information content (AvgIpc) is 3.28. The largest absolute Gasteiger partial charge is 1.00 e. The number of fused-ring (bicyclic) bond motifs is 1. The molecule has 1 aliphatic rings. The summed E-state index contributed by atoms with van der Waals surface area (Å²) < 4.78 is 4.37. The monoisotopic (exact) mass is 478 g/mol. The van der Waals surface area contributed by atoms with Crippen molar-refractivity contribution in [3.05, 3.63) is 75.7 Å². The van der Waals surface area contributed by atoms with Crippen LogP contribution in [0.5, 0.6) is 0 Å². The van der Waals surface area contributed by atoms with Gasteiger partial charge in [-0.1, -0.05) is 54.4 Å². The number of halogens is 3. The molecule has 0 aliphatic carbocycles. The van der Waals surface area contributed by atoms with E-state index in [1.54, 1.807) is 0 Å². The van der Waals surface area contributed by atoms with Crippen LogP contribution in [0.4, 0.5) is 0 Å². The van der Waals surface area contributed by atoms with Crippen molar-refractivity contribution < 1.29 is 26.3 Å². The van der Waals surface area contributed by atoms with Gasteiger partial charge in [-0.05, 0) is 36.6 Å². The normalized spacial score (nSPS) is 12.5. The number of hydrogen-bond acceptors (Lipinski definition) is 1. The first-order valence-electron chi connectivity index (χ1n) is 9.26. The third-order valence-corrected chi connectivity index (χ3v) is 5.95. The first kappa shape index (κ1) is 21.1. The van der Waals surface area contributed by atoms with Crippen molar-refractivity contribution in [1.82, 2.24) is 4.57 Å². The number of benzene rings is 2. The maximum atomic E-state index is 12.8. The molecule has 0 saturated heterocycles. The summed E-state index contributed by atoms with van der Waals surface area (Å²) in [6.07, 6.45) is 5.10. The highest BCUT2D eigenvalue weighted by molar-refractivity contribution is 6.42. The highest BCUT2D eigenvalue weighted by Crippen LogP contribution is 2.30. The molecular weight excluding hydrogens is 459 g/mol. The van der Waals surface area contributed by atoms with Crippen LogP contribution in [0.1, 0.15) is 35.1 Å². The quantitative estimate of drug-likeness (QED) is 0.406. The Morgan fingerprint density at radius 2 is 1.86 bits per heavy atom. The number of aromatic nitrogens is 2. The lowest BCUT2D eigenvalue weighted by Crippen LogP contribution is -3.00. The Morgan fingerprint density at radius 3 is 2.54 bits per heavy atom. The van der Waals surface area contributed by atoms with Crippen molar-refractivity contribution in [3.63, 3.8) is 0 Å². The summed E-state index contributed by atoms with van der Waals surface area (Å²) in [5.74, 6) is 1.32. The second-order valence-corrected chi connectivity index (χ2v) is 7.73. The Hall–Kier alpha value is -1.62. The van der Waals surface area contributed by atoms with Crippen LogP contribution in [-0.4, -0.2) is 10.4 Å². The zero-order chi connectivity index (χ0) is 19.0. The number of nitrogens with zero attached hydrogens (tertiary/aromatic N) is 2. The molecule has 6 heteroatoms. The van der Waals surface area contributed by atoms with Crippen molar-refractivity contribution in [1.29, 1.82) is 0 Å². The van der Waals surface area contributed by atoms with E-state index in [0.29, 0.717) is 16.6 Å². The number of rotatable bonds is 5. The van der Waals surface area contributed by atoms with Crippen molar-refractivity contribution in [3.8, 4) is 11.3 Å². The van der Waals surface area contributed by atoms with E-state index in [0.717, 1.165) is 42.6 Å². The highest BCUT2D eigenvalue weighted by atomic mass is 79.9. The van der Waals surface area contributed by atoms with Crippen LogP contribution >= 0.6 is 23.2 Å². The Morgan fingerprint density at radius 1 is 1.11 bits per heavy atom. The van der Waals surface area contributed by atoms with Gasteiger partial charge in [0.25, 0.3) is 5.82 Å². The first-order chi connectivity index (χ1) is 13.1. The molecule has 0 unspecified atom stereocenters. The predicted molar refractivity (Wildman–Crippen MR) is 109 cm³/mol. The van der Waals surface area contributed by atoms with Gasteiger partial charge in [-0.15, -0.1) is 0 Å². The van der Waals surface area contributed by atoms with Crippen molar-refractivity contribution in [2.75, 3.05) is 0 Å². The summed E-state index contributed by atoms with van der Waals surface area (Å²) in [5, 5.41) is 1.09. The van der Waals surface area contributed by atoms with Gasteiger partial charge in [0, 0.05) is 11.1 Å². The van der Waals surface area contributed by atoms with Crippen molar-refractivity contribution >= 4 is 29.0 Å². The molecule has 3 nitrogen and oxygen atoms in total. The SMILES string of the molecule is CCc1ccc(C(=O)C[n+]2cc(-c3ccc(Cl)c(Cl)c3)n3c2CCC3)cc1.[Br-]. The molecule has 4 rings (SSSR count). The van der Waals surface area contributed by atoms with Crippen molar-refractivity contribution in [2.45, 2.75) is 39.3 Å². The molecule has 1 aliphatic heterocycles. The minimum atomic E-state index is 0. The van der Waals surface area contributed by atoms with Gasteiger partial charge in [-0.25, -0.2) is 9.13 Å². The van der Waals surface area contributed by atoms with Crippen LogP contribution in [0.15, 0.2) is 48.7 Å². The first-order valence-corrected chi connectivity index (χ1v) is 10.0. The van der Waals surface area contributed by atoms with Gasteiger partial charge in [0.2, 0.25) is 5.78 Å². The Kier molecular flexibility index (Phi) is 6.64. The van der Waals surface area contributed by atoms with Gasteiger partial charge in [0.05, 0.1) is 23.0 Å². The number of carbonyl (C=O) groups is 1. The number of ketones is 1. The van der Waals surface area contributed by atoms with Gasteiger partial charge >= 0.3 is 0 Å². The number of hydrogen-bond donors (Lipinski definition) is 0. The zero-order valence-corrected chi connectivity index (χ0v) is 18.7. The fourth-order valence-electron chi connectivity index (χ4n) is 3.70. The maximum absolute atomic E-state index is 12.8. The molecule has 2 aromatic carbocycles. The van der Waals surface area contributed by atoms with E-state index in [-0.39, 0.29) is 22.8 Å². The molecule has 0 bridgehead atoms. The van der Waals surface area contributed by atoms with E-state index in [1.165, 1.54) is 11.4 Å². The molecule has 0 N–H and O–H groups in total. The summed E-state index contributed by atoms with van der Waals surface area (Å²) in [4.78, 5) is 12.8. The fraction of sp³-hybridized carbons (Fsp3) is 0.273. The standard InChI is InChI=1S/C22H21Cl2N2O.BrH/c1-2-15-5-7-16(8-6-15)21(27)14-25-13-20(26-11-3-4-22(25)26)17-9-10-18(23)19(24)12-17;/h5-10,12-13H,2-4,11,14H2,1H3;1H/q+1;/p-1. The smallest absolute Gasteiger partial charge is 0.257 e. The van der Waals surface area contributed by atoms with Gasteiger partial charge in [0.1, 0.15) is 6.20 Å². The highest BCUT2D eigenvalue weighted by Gasteiger charge is 2.30. The summed E-state index contributed by atoms with van der Waals surface area (Å²) in [5.41, 5.74) is 4.10. The van der Waals surface area contributed by atoms with Crippen LogP contribution < -0.4 is 21.5 Å². The van der Waals surface area contributed by atoms with Crippen LogP contribution in [0.2, 0.25) is 10.0 Å². The topological polar surface area (TPSA) is 25.9 Å². The van der Waals surface area contributed by atoms with Gasteiger partial charge < -0.3 is 17.0 Å². The van der Waals surface area contributed by atoms with E-state index in [2.05, 4.69) is 22.3 Å². The fourth-order valence-corrected chi connectivity index (χ4v) is 4.00. The molecule has 28 heavy (non-hydrogen) atoms. The molecule has 0 amide bonds. The molecular formula is C22H21BrCl2N2O. The van der Waals surface area contributed by atoms with E-state index in [4.69, 9.17) is 23.2 Å². The second-order valence-electron chi connectivity index (χ2n) is 6.92. The van der Waals surface area contributed by atoms with E-state index in [1.807, 2.05) is 42.5 Å². The van der Waals surface area contributed by atoms with Crippen molar-refractivity contribution in [2.24, 2.45) is 0 Å². The molecule has 0 radical (unpaired) electrons. The van der Waals surface area contributed by atoms with E-state index in [9.17, 15) is 4.79 Å². The van der Waals surface area contributed by atoms with Crippen LogP contribution in [0.3, 0.4) is 0 Å². The molecule has 146 valence electrons. The predicted octanol–water partition coefficient (Wildman–Crippen LogP) is 2.14. The molecule has 0 spiro atoms. The number of Topliss-reactive ketones (excluding diaryl/α,β-unsaturated/α-hetero) is 1. The average molecular weight is 480 g/mol. The molecule has 2 heterocycles. The number of imidazole rings is 1. The van der Waals surface area contributed by atoms with E-state index < -0.39 is 0 Å². The Bertz CT molecular complexity index is 1010. The lowest BCUT2D eigenvalue weighted by atomic mass is 10.1. The van der Waals surface area contributed by atoms with Crippen LogP contribution in [0.25, 0.3) is 11.3 Å². The number of carbonyl (C=O) groups excluding carboxylic acids is 1. The summed E-state index contributed by atoms with van der Waals surface area (Å²) in [6.45, 7) is 3.42. The molecule has 0 saturated carbocycles. The molecule has 1 aromatic heterocycles. The lowest BCUT2D eigenvalue weighted by molar-refractivity contribution is -0.689. The summed E-state index contributed by atoms with van der Waals surface area (Å²) in [6, 6.07) is 13.6. The summed E-state index contributed by atoms with van der Waals surface area (Å²) >= 11 is 12.3. The van der Waals surface area contributed by atoms with Crippen LogP contribution in [-0.2, 0) is 25.9 Å². The van der Waals surface area contributed by atoms with Gasteiger partial charge in [0.15, 0.2) is 12.2 Å². The Balaban J connectivity index is 0.00000225. The minimum Gasteiger partial charge on any atom is -1.00 e. The second kappa shape index (κ2) is 8.81.